The van der Waals surface area contributed by atoms with Gasteiger partial charge in [0.2, 0.25) is 11.7 Å². The Kier molecular flexibility index (Phi) is 6.82. The molecule has 0 unspecified atom stereocenters. The van der Waals surface area contributed by atoms with Crippen LogP contribution in [0.5, 0.6) is 0 Å². The maximum Gasteiger partial charge on any atom is 0.293 e. The summed E-state index contributed by atoms with van der Waals surface area (Å²) < 4.78 is 16.2. The molecule has 3 aliphatic rings. The second-order valence-electron chi connectivity index (χ2n) is 11.3. The number of carbonyl (C=O) groups is 2. The standard InChI is InChI=1S/C30H36FN7O2/c1-19-9-11-23(18-24(19)31)38-28(32-27(33-38)30(40)36-15-13-34(3)14-16-36)21-10-12-25-26(17-21)37(22-7-5-6-8-22)20(2)29(39)35(25)4/h9-12,17-18,20,22H,5-8,13-16H2,1-4H3/t20-/m1/s1. The van der Waals surface area contributed by atoms with E-state index in [1.54, 1.807) is 33.5 Å². The highest BCUT2D eigenvalue weighted by atomic mass is 19.1. The van der Waals surface area contributed by atoms with Gasteiger partial charge in [-0.3, -0.25) is 9.59 Å². The lowest BCUT2D eigenvalue weighted by atomic mass is 10.0. The van der Waals surface area contributed by atoms with Gasteiger partial charge in [0.25, 0.3) is 5.91 Å². The van der Waals surface area contributed by atoms with Gasteiger partial charge in [0.15, 0.2) is 5.82 Å². The van der Waals surface area contributed by atoms with Crippen LogP contribution in [0.15, 0.2) is 36.4 Å². The molecular weight excluding hydrogens is 509 g/mol. The molecule has 0 bridgehead atoms. The molecule has 3 heterocycles. The van der Waals surface area contributed by atoms with Gasteiger partial charge in [0, 0.05) is 44.8 Å². The van der Waals surface area contributed by atoms with Crippen molar-refractivity contribution in [3.05, 3.63) is 53.6 Å². The van der Waals surface area contributed by atoms with Crippen molar-refractivity contribution in [2.24, 2.45) is 0 Å². The number of aromatic nitrogens is 3. The van der Waals surface area contributed by atoms with Crippen molar-refractivity contribution in [2.75, 3.05) is 50.1 Å². The molecule has 10 heteroatoms. The highest BCUT2D eigenvalue weighted by Crippen LogP contribution is 2.42. The zero-order valence-corrected chi connectivity index (χ0v) is 23.6. The van der Waals surface area contributed by atoms with Crippen molar-refractivity contribution in [2.45, 2.75) is 51.6 Å². The molecule has 210 valence electrons. The van der Waals surface area contributed by atoms with E-state index in [9.17, 15) is 14.0 Å². The molecule has 0 spiro atoms. The topological polar surface area (TPSA) is 77.8 Å². The van der Waals surface area contributed by atoms with Crippen LogP contribution in [-0.2, 0) is 4.79 Å². The van der Waals surface area contributed by atoms with Crippen molar-refractivity contribution in [3.8, 4) is 17.1 Å². The highest BCUT2D eigenvalue weighted by Gasteiger charge is 2.38. The van der Waals surface area contributed by atoms with Crippen LogP contribution in [0, 0.1) is 12.7 Å². The third kappa shape index (κ3) is 4.54. The van der Waals surface area contributed by atoms with Gasteiger partial charge in [-0.25, -0.2) is 14.1 Å². The van der Waals surface area contributed by atoms with E-state index in [0.717, 1.165) is 55.7 Å². The molecule has 0 N–H and O–H groups in total. The Labute approximate surface area is 234 Å². The molecule has 1 saturated heterocycles. The number of hydrogen-bond donors (Lipinski definition) is 0. The van der Waals surface area contributed by atoms with E-state index >= 15 is 0 Å². The summed E-state index contributed by atoms with van der Waals surface area (Å²) in [4.78, 5) is 39.3. The van der Waals surface area contributed by atoms with Gasteiger partial charge in [0.05, 0.1) is 17.1 Å². The van der Waals surface area contributed by atoms with Gasteiger partial charge < -0.3 is 19.6 Å². The number of anilines is 2. The van der Waals surface area contributed by atoms with Crippen molar-refractivity contribution >= 4 is 23.2 Å². The van der Waals surface area contributed by atoms with Gasteiger partial charge in [-0.1, -0.05) is 18.9 Å². The number of nitrogens with zero attached hydrogens (tertiary/aromatic N) is 7. The van der Waals surface area contributed by atoms with Crippen LogP contribution in [0.3, 0.4) is 0 Å². The van der Waals surface area contributed by atoms with E-state index in [1.807, 2.05) is 39.2 Å². The smallest absolute Gasteiger partial charge is 0.293 e. The van der Waals surface area contributed by atoms with Gasteiger partial charge in [-0.05, 0) is 69.6 Å². The van der Waals surface area contributed by atoms with E-state index in [4.69, 9.17) is 4.98 Å². The maximum atomic E-state index is 14.7. The first kappa shape index (κ1) is 26.4. The average molecular weight is 546 g/mol. The number of amides is 2. The lowest BCUT2D eigenvalue weighted by Crippen LogP contribution is -2.54. The van der Waals surface area contributed by atoms with Gasteiger partial charge >= 0.3 is 0 Å². The predicted octanol–water partition coefficient (Wildman–Crippen LogP) is 3.88. The lowest BCUT2D eigenvalue weighted by molar-refractivity contribution is -0.119. The molecule has 2 fully saturated rings. The first-order valence-corrected chi connectivity index (χ1v) is 14.1. The summed E-state index contributed by atoms with van der Waals surface area (Å²) in [6.07, 6.45) is 4.40. The van der Waals surface area contributed by atoms with E-state index < -0.39 is 0 Å². The molecule has 9 nitrogen and oxygen atoms in total. The third-order valence-corrected chi connectivity index (χ3v) is 8.69. The summed E-state index contributed by atoms with van der Waals surface area (Å²) in [5.41, 5.74) is 3.59. The minimum absolute atomic E-state index is 0.0745. The summed E-state index contributed by atoms with van der Waals surface area (Å²) in [5.74, 6) is 0.0436. The van der Waals surface area contributed by atoms with Crippen LogP contribution < -0.4 is 9.80 Å². The van der Waals surface area contributed by atoms with Gasteiger partial charge in [0.1, 0.15) is 11.9 Å². The van der Waals surface area contributed by atoms with Crippen LogP contribution in [-0.4, -0.2) is 88.7 Å². The Balaban J connectivity index is 1.47. The van der Waals surface area contributed by atoms with Crippen LogP contribution in [0.1, 0.15) is 48.8 Å². The van der Waals surface area contributed by atoms with E-state index in [0.29, 0.717) is 36.2 Å². The minimum atomic E-state index is -0.349. The summed E-state index contributed by atoms with van der Waals surface area (Å²) in [6.45, 7) is 6.46. The Bertz CT molecular complexity index is 1460. The number of likely N-dealkylation sites (N-methyl/N-ethyl adjacent to an activating group) is 2. The van der Waals surface area contributed by atoms with Crippen LogP contribution in [0.4, 0.5) is 15.8 Å². The van der Waals surface area contributed by atoms with Gasteiger partial charge in [-0.15, -0.1) is 5.10 Å². The zero-order valence-electron chi connectivity index (χ0n) is 23.6. The van der Waals surface area contributed by atoms with Crippen molar-refractivity contribution < 1.29 is 14.0 Å². The van der Waals surface area contributed by atoms with E-state index in [-0.39, 0.29) is 29.5 Å². The number of carbonyl (C=O) groups excluding carboxylic acids is 2. The second kappa shape index (κ2) is 10.3. The molecular formula is C30H36FN7O2. The molecule has 6 rings (SSSR count). The first-order chi connectivity index (χ1) is 19.2. The number of rotatable bonds is 4. The normalized spacial score (nSPS) is 20.4. The van der Waals surface area contributed by atoms with Crippen molar-refractivity contribution in [1.29, 1.82) is 0 Å². The Hall–Kier alpha value is -3.79. The molecule has 40 heavy (non-hydrogen) atoms. The molecule has 1 aliphatic carbocycles. The molecule has 1 atom stereocenters. The average Bonchev–Trinajstić information content (AvgIpc) is 3.64. The summed E-state index contributed by atoms with van der Waals surface area (Å²) in [6, 6.07) is 10.8. The molecule has 1 aromatic heterocycles. The minimum Gasteiger partial charge on any atom is -0.355 e. The summed E-state index contributed by atoms with van der Waals surface area (Å²) in [7, 11) is 3.85. The summed E-state index contributed by atoms with van der Waals surface area (Å²) >= 11 is 0. The van der Waals surface area contributed by atoms with Crippen molar-refractivity contribution in [3.63, 3.8) is 0 Å². The fraction of sp³-hybridized carbons (Fsp3) is 0.467. The number of hydrogen-bond acceptors (Lipinski definition) is 6. The third-order valence-electron chi connectivity index (χ3n) is 8.69. The Morgan fingerprint density at radius 3 is 2.40 bits per heavy atom. The predicted molar refractivity (Wildman–Crippen MR) is 152 cm³/mol. The van der Waals surface area contributed by atoms with E-state index in [2.05, 4.69) is 14.9 Å². The quantitative estimate of drug-likeness (QED) is 0.495. The largest absolute Gasteiger partial charge is 0.355 e. The first-order valence-electron chi connectivity index (χ1n) is 14.1. The molecule has 2 aromatic carbocycles. The maximum absolute atomic E-state index is 14.7. The number of halogens is 1. The number of fused-ring (bicyclic) bond motifs is 1. The second-order valence-corrected chi connectivity index (χ2v) is 11.3. The zero-order chi connectivity index (χ0) is 28.1. The van der Waals surface area contributed by atoms with Crippen molar-refractivity contribution in [1.82, 2.24) is 24.6 Å². The molecule has 2 aliphatic heterocycles. The SMILES string of the molecule is Cc1ccc(-n2nc(C(=O)N3CCN(C)CC3)nc2-c2ccc3c(c2)N(C2CCCC2)[C@H](C)C(=O)N3C)cc1F. The monoisotopic (exact) mass is 545 g/mol. The van der Waals surface area contributed by atoms with Crippen LogP contribution in [0.25, 0.3) is 17.1 Å². The fourth-order valence-electron chi connectivity index (χ4n) is 6.21. The molecule has 3 aromatic rings. The lowest BCUT2D eigenvalue weighted by Gasteiger charge is -2.43. The number of piperazine rings is 1. The Morgan fingerprint density at radius 1 is 0.975 bits per heavy atom. The number of benzene rings is 2. The van der Waals surface area contributed by atoms with Gasteiger partial charge in [-0.2, -0.15) is 0 Å². The fourth-order valence-corrected chi connectivity index (χ4v) is 6.21. The van der Waals surface area contributed by atoms with E-state index in [1.165, 1.54) is 6.07 Å². The van der Waals surface area contributed by atoms with Crippen LogP contribution in [0.2, 0.25) is 0 Å². The number of aryl methyl sites for hydroxylation is 1. The molecule has 1 saturated carbocycles. The molecule has 2 amide bonds. The Morgan fingerprint density at radius 2 is 1.70 bits per heavy atom. The molecule has 0 radical (unpaired) electrons. The van der Waals surface area contributed by atoms with Crippen LogP contribution >= 0.6 is 0 Å². The highest BCUT2D eigenvalue weighted by molar-refractivity contribution is 6.05. The summed E-state index contributed by atoms with van der Waals surface area (Å²) in [5, 5.41) is 4.63.